The second kappa shape index (κ2) is 3.71. The van der Waals surface area contributed by atoms with Crippen LogP contribution in [0.25, 0.3) is 0 Å². The molecule has 0 amide bonds. The number of azo groups is 1. The summed E-state index contributed by atoms with van der Waals surface area (Å²) in [6.45, 7) is 2.64. The van der Waals surface area contributed by atoms with Gasteiger partial charge in [0.1, 0.15) is 0 Å². The molecule has 0 aliphatic carbocycles. The topological polar surface area (TPSA) is 37.6 Å². The highest BCUT2D eigenvalue weighted by molar-refractivity contribution is 5.23. The average molecular weight is 135 g/mol. The SMILES string of the molecule is CCN=Nc1ccccn1. The lowest BCUT2D eigenvalue weighted by Crippen LogP contribution is -1.69. The third-order valence-corrected chi connectivity index (χ3v) is 0.964. The zero-order valence-corrected chi connectivity index (χ0v) is 5.86. The molecule has 3 nitrogen and oxygen atoms in total. The minimum atomic E-state index is 0.671. The van der Waals surface area contributed by atoms with Gasteiger partial charge < -0.3 is 0 Å². The molecule has 0 aliphatic heterocycles. The molecule has 0 spiro atoms. The van der Waals surface area contributed by atoms with Crippen molar-refractivity contribution in [3.05, 3.63) is 24.4 Å². The van der Waals surface area contributed by atoms with Gasteiger partial charge in [-0.15, -0.1) is 5.11 Å². The molecule has 0 fully saturated rings. The summed E-state index contributed by atoms with van der Waals surface area (Å²) in [5.74, 6) is 0.671. The van der Waals surface area contributed by atoms with Crippen molar-refractivity contribution in [2.45, 2.75) is 6.92 Å². The summed E-state index contributed by atoms with van der Waals surface area (Å²) in [4.78, 5) is 3.96. The summed E-state index contributed by atoms with van der Waals surface area (Å²) in [5, 5.41) is 7.64. The van der Waals surface area contributed by atoms with E-state index in [1.165, 1.54) is 0 Å². The van der Waals surface area contributed by atoms with E-state index in [9.17, 15) is 0 Å². The Balaban J connectivity index is 2.67. The van der Waals surface area contributed by atoms with Gasteiger partial charge in [-0.05, 0) is 19.1 Å². The fourth-order valence-corrected chi connectivity index (χ4v) is 0.556. The lowest BCUT2D eigenvalue weighted by molar-refractivity contribution is 0.988. The van der Waals surface area contributed by atoms with Crippen LogP contribution in [0.3, 0.4) is 0 Å². The molecule has 1 aromatic rings. The second-order valence-electron chi connectivity index (χ2n) is 1.75. The predicted octanol–water partition coefficient (Wildman–Crippen LogP) is 2.19. The summed E-state index contributed by atoms with van der Waals surface area (Å²) < 4.78 is 0. The normalized spacial score (nSPS) is 10.5. The molecule has 0 saturated heterocycles. The molecule has 0 radical (unpaired) electrons. The highest BCUT2D eigenvalue weighted by Crippen LogP contribution is 2.04. The van der Waals surface area contributed by atoms with Gasteiger partial charge in [-0.1, -0.05) is 6.07 Å². The Morgan fingerprint density at radius 2 is 2.40 bits per heavy atom. The first-order valence-electron chi connectivity index (χ1n) is 3.22. The maximum atomic E-state index is 3.96. The highest BCUT2D eigenvalue weighted by Gasteiger charge is 1.82. The molecule has 1 aromatic heterocycles. The van der Waals surface area contributed by atoms with Gasteiger partial charge in [0.2, 0.25) is 0 Å². The van der Waals surface area contributed by atoms with E-state index in [1.807, 2.05) is 25.1 Å². The quantitative estimate of drug-likeness (QED) is 0.572. The van der Waals surface area contributed by atoms with Gasteiger partial charge in [0, 0.05) is 6.20 Å². The van der Waals surface area contributed by atoms with E-state index in [-0.39, 0.29) is 0 Å². The van der Waals surface area contributed by atoms with Crippen molar-refractivity contribution in [3.8, 4) is 0 Å². The Kier molecular flexibility index (Phi) is 2.55. The van der Waals surface area contributed by atoms with Crippen molar-refractivity contribution in [2.75, 3.05) is 6.54 Å². The van der Waals surface area contributed by atoms with Crippen LogP contribution in [0.1, 0.15) is 6.92 Å². The summed E-state index contributed by atoms with van der Waals surface area (Å²) in [6.07, 6.45) is 1.70. The van der Waals surface area contributed by atoms with Crippen LogP contribution in [0, 0.1) is 0 Å². The van der Waals surface area contributed by atoms with E-state index in [0.717, 1.165) is 0 Å². The van der Waals surface area contributed by atoms with E-state index in [4.69, 9.17) is 0 Å². The lowest BCUT2D eigenvalue weighted by Gasteiger charge is -1.86. The Bertz CT molecular complexity index is 205. The Morgan fingerprint density at radius 1 is 1.50 bits per heavy atom. The molecule has 0 atom stereocenters. The zero-order chi connectivity index (χ0) is 7.23. The second-order valence-corrected chi connectivity index (χ2v) is 1.75. The summed E-state index contributed by atoms with van der Waals surface area (Å²) in [6, 6.07) is 5.56. The first-order valence-corrected chi connectivity index (χ1v) is 3.22. The molecule has 0 saturated carbocycles. The van der Waals surface area contributed by atoms with Crippen LogP contribution in [0.2, 0.25) is 0 Å². The Labute approximate surface area is 59.8 Å². The number of aromatic nitrogens is 1. The first kappa shape index (κ1) is 6.86. The molecular weight excluding hydrogens is 126 g/mol. The van der Waals surface area contributed by atoms with Crippen molar-refractivity contribution in [2.24, 2.45) is 10.2 Å². The maximum absolute atomic E-state index is 3.96. The number of pyridine rings is 1. The minimum absolute atomic E-state index is 0.671. The predicted molar refractivity (Wildman–Crippen MR) is 39.3 cm³/mol. The minimum Gasteiger partial charge on any atom is -0.236 e. The van der Waals surface area contributed by atoms with Crippen LogP contribution in [-0.4, -0.2) is 11.5 Å². The summed E-state index contributed by atoms with van der Waals surface area (Å²) in [5.41, 5.74) is 0. The Hall–Kier alpha value is -1.25. The number of rotatable bonds is 2. The van der Waals surface area contributed by atoms with Gasteiger partial charge >= 0.3 is 0 Å². The van der Waals surface area contributed by atoms with Crippen LogP contribution in [0.5, 0.6) is 0 Å². The standard InChI is InChI=1S/C7H9N3/c1-2-9-10-7-5-3-4-6-8-7/h3-6H,2H2,1H3. The number of nitrogens with zero attached hydrogens (tertiary/aromatic N) is 3. The summed E-state index contributed by atoms with van der Waals surface area (Å²) >= 11 is 0. The van der Waals surface area contributed by atoms with Crippen LogP contribution >= 0.6 is 0 Å². The number of hydrogen-bond donors (Lipinski definition) is 0. The average Bonchev–Trinajstić information content (AvgIpc) is 2.03. The maximum Gasteiger partial charge on any atom is 0.173 e. The number of hydrogen-bond acceptors (Lipinski definition) is 3. The third-order valence-electron chi connectivity index (χ3n) is 0.964. The molecule has 0 N–H and O–H groups in total. The fourth-order valence-electron chi connectivity index (χ4n) is 0.556. The molecule has 10 heavy (non-hydrogen) atoms. The molecule has 0 aliphatic rings. The van der Waals surface area contributed by atoms with E-state index < -0.39 is 0 Å². The molecule has 1 rings (SSSR count). The fraction of sp³-hybridized carbons (Fsp3) is 0.286. The molecule has 0 aromatic carbocycles. The molecule has 0 unspecified atom stereocenters. The van der Waals surface area contributed by atoms with Gasteiger partial charge in [-0.3, -0.25) is 0 Å². The van der Waals surface area contributed by atoms with Gasteiger partial charge in [-0.2, -0.15) is 5.11 Å². The van der Waals surface area contributed by atoms with Crippen molar-refractivity contribution in [3.63, 3.8) is 0 Å². The van der Waals surface area contributed by atoms with Crippen LogP contribution in [0.15, 0.2) is 34.6 Å². The van der Waals surface area contributed by atoms with E-state index >= 15 is 0 Å². The molecular formula is C7H9N3. The van der Waals surface area contributed by atoms with E-state index in [0.29, 0.717) is 12.4 Å². The van der Waals surface area contributed by atoms with E-state index in [1.54, 1.807) is 6.20 Å². The van der Waals surface area contributed by atoms with Crippen molar-refractivity contribution in [1.29, 1.82) is 0 Å². The van der Waals surface area contributed by atoms with Crippen molar-refractivity contribution < 1.29 is 0 Å². The Morgan fingerprint density at radius 3 is 3.00 bits per heavy atom. The smallest absolute Gasteiger partial charge is 0.173 e. The monoisotopic (exact) mass is 135 g/mol. The van der Waals surface area contributed by atoms with Gasteiger partial charge in [0.25, 0.3) is 0 Å². The largest absolute Gasteiger partial charge is 0.236 e. The van der Waals surface area contributed by atoms with Gasteiger partial charge in [0.15, 0.2) is 5.82 Å². The first-order chi connectivity index (χ1) is 4.93. The molecule has 0 bridgehead atoms. The summed E-state index contributed by atoms with van der Waals surface area (Å²) in [7, 11) is 0. The molecule has 52 valence electrons. The molecule has 1 heterocycles. The van der Waals surface area contributed by atoms with Crippen molar-refractivity contribution in [1.82, 2.24) is 4.98 Å². The highest BCUT2D eigenvalue weighted by atomic mass is 15.1. The van der Waals surface area contributed by atoms with E-state index in [2.05, 4.69) is 15.2 Å². The molecule has 3 heteroatoms. The van der Waals surface area contributed by atoms with Gasteiger partial charge in [-0.25, -0.2) is 4.98 Å². The third kappa shape index (κ3) is 1.93. The van der Waals surface area contributed by atoms with Crippen LogP contribution in [-0.2, 0) is 0 Å². The zero-order valence-electron chi connectivity index (χ0n) is 5.86. The lowest BCUT2D eigenvalue weighted by atomic mass is 10.5. The van der Waals surface area contributed by atoms with Crippen LogP contribution in [0.4, 0.5) is 5.82 Å². The van der Waals surface area contributed by atoms with Crippen LogP contribution < -0.4 is 0 Å². The van der Waals surface area contributed by atoms with Crippen molar-refractivity contribution >= 4 is 5.82 Å². The van der Waals surface area contributed by atoms with Gasteiger partial charge in [0.05, 0.1) is 6.54 Å².